The summed E-state index contributed by atoms with van der Waals surface area (Å²) in [6.45, 7) is 0.386. The Kier molecular flexibility index (Phi) is 3.41. The van der Waals surface area contributed by atoms with Crippen LogP contribution >= 0.6 is 11.6 Å². The Morgan fingerprint density at radius 1 is 1.35 bits per heavy atom. The lowest BCUT2D eigenvalue weighted by molar-refractivity contribution is 0.603. The Bertz CT molecular complexity index is 854. The van der Waals surface area contributed by atoms with E-state index < -0.39 is 0 Å². The molecule has 7 heteroatoms. The number of hydrogen-bond donors (Lipinski definition) is 0. The number of anilines is 1. The molecular weight excluding hydrogens is 317 g/mol. The molecule has 5 nitrogen and oxygen atoms in total. The van der Waals surface area contributed by atoms with Gasteiger partial charge in [0, 0.05) is 30.2 Å². The molecule has 23 heavy (non-hydrogen) atoms. The Morgan fingerprint density at radius 2 is 2.17 bits per heavy atom. The minimum Gasteiger partial charge on any atom is -0.348 e. The summed E-state index contributed by atoms with van der Waals surface area (Å²) in [7, 11) is 1.84. The van der Waals surface area contributed by atoms with Gasteiger partial charge in [0.15, 0.2) is 5.65 Å². The van der Waals surface area contributed by atoms with Gasteiger partial charge in [-0.05, 0) is 25.0 Å². The molecule has 1 aromatic carbocycles. The molecule has 0 N–H and O–H groups in total. The summed E-state index contributed by atoms with van der Waals surface area (Å²) in [5.74, 6) is 0.490. The fourth-order valence-corrected chi connectivity index (χ4v) is 3.02. The summed E-state index contributed by atoms with van der Waals surface area (Å²) in [5, 5.41) is 5.55. The Hall–Kier alpha value is -2.21. The van der Waals surface area contributed by atoms with Gasteiger partial charge >= 0.3 is 0 Å². The maximum Gasteiger partial charge on any atom is 0.163 e. The molecular formula is C16H15ClFN5. The van der Waals surface area contributed by atoms with Gasteiger partial charge in [0.1, 0.15) is 18.0 Å². The van der Waals surface area contributed by atoms with Gasteiger partial charge in [-0.1, -0.05) is 17.7 Å². The molecule has 0 atom stereocenters. The van der Waals surface area contributed by atoms with Crippen LogP contribution in [0.4, 0.5) is 10.2 Å². The predicted molar refractivity (Wildman–Crippen MR) is 86.9 cm³/mol. The number of benzene rings is 1. The lowest BCUT2D eigenvalue weighted by Gasteiger charge is -2.24. The van der Waals surface area contributed by atoms with E-state index in [1.54, 1.807) is 23.0 Å². The van der Waals surface area contributed by atoms with Crippen LogP contribution in [0.15, 0.2) is 30.7 Å². The van der Waals surface area contributed by atoms with Gasteiger partial charge in [-0.3, -0.25) is 4.68 Å². The average molecular weight is 332 g/mol. The lowest BCUT2D eigenvalue weighted by Crippen LogP contribution is -2.27. The second kappa shape index (κ2) is 5.45. The van der Waals surface area contributed by atoms with Crippen LogP contribution in [-0.4, -0.2) is 25.8 Å². The Labute approximate surface area is 137 Å². The first kappa shape index (κ1) is 14.4. The number of nitrogens with zero attached hydrogens (tertiary/aromatic N) is 5. The van der Waals surface area contributed by atoms with Crippen LogP contribution in [0.3, 0.4) is 0 Å². The molecule has 0 spiro atoms. The monoisotopic (exact) mass is 331 g/mol. The van der Waals surface area contributed by atoms with Crippen molar-refractivity contribution in [3.63, 3.8) is 0 Å². The van der Waals surface area contributed by atoms with Crippen LogP contribution in [0.25, 0.3) is 11.0 Å². The fraction of sp³-hybridized carbons (Fsp3) is 0.312. The number of fused-ring (bicyclic) bond motifs is 1. The first-order chi connectivity index (χ1) is 11.1. The van der Waals surface area contributed by atoms with E-state index in [4.69, 9.17) is 11.6 Å². The molecule has 0 saturated heterocycles. The molecule has 0 unspecified atom stereocenters. The van der Waals surface area contributed by atoms with Crippen molar-refractivity contribution in [3.05, 3.63) is 47.1 Å². The van der Waals surface area contributed by atoms with E-state index in [1.807, 2.05) is 7.05 Å². The second-order valence-corrected chi connectivity index (χ2v) is 6.17. The van der Waals surface area contributed by atoms with Crippen molar-refractivity contribution in [2.45, 2.75) is 25.4 Å². The zero-order valence-corrected chi connectivity index (χ0v) is 13.3. The van der Waals surface area contributed by atoms with Gasteiger partial charge in [0.05, 0.1) is 11.6 Å². The summed E-state index contributed by atoms with van der Waals surface area (Å²) in [6.07, 6.45) is 5.41. The van der Waals surface area contributed by atoms with Gasteiger partial charge in [0.2, 0.25) is 0 Å². The third kappa shape index (κ3) is 2.53. The molecule has 1 aliphatic rings. The maximum absolute atomic E-state index is 14.2. The lowest BCUT2D eigenvalue weighted by atomic mass is 10.2. The van der Waals surface area contributed by atoms with Gasteiger partial charge in [0.25, 0.3) is 0 Å². The first-order valence-electron chi connectivity index (χ1n) is 7.47. The molecule has 4 rings (SSSR count). The molecule has 2 aromatic heterocycles. The zero-order valence-electron chi connectivity index (χ0n) is 12.6. The summed E-state index contributed by atoms with van der Waals surface area (Å²) in [5.41, 5.74) is 1.26. The molecule has 1 fully saturated rings. The van der Waals surface area contributed by atoms with E-state index in [1.165, 1.54) is 12.4 Å². The molecule has 0 bridgehead atoms. The Morgan fingerprint density at radius 3 is 2.91 bits per heavy atom. The molecule has 1 saturated carbocycles. The fourth-order valence-electron chi connectivity index (χ4n) is 2.80. The summed E-state index contributed by atoms with van der Waals surface area (Å²) < 4.78 is 15.9. The number of rotatable bonds is 4. The highest BCUT2D eigenvalue weighted by Crippen LogP contribution is 2.36. The topological polar surface area (TPSA) is 46.8 Å². The predicted octanol–water partition coefficient (Wildman–Crippen LogP) is 3.32. The van der Waals surface area contributed by atoms with E-state index in [9.17, 15) is 4.39 Å². The van der Waals surface area contributed by atoms with E-state index >= 15 is 0 Å². The molecule has 2 heterocycles. The SMILES string of the molecule is Cn1ncc2c(N(Cc3c(F)cccc3Cl)C3CC3)ncnc21. The third-order valence-electron chi connectivity index (χ3n) is 4.16. The second-order valence-electron chi connectivity index (χ2n) is 5.76. The first-order valence-corrected chi connectivity index (χ1v) is 7.85. The van der Waals surface area contributed by atoms with Gasteiger partial charge in [-0.15, -0.1) is 0 Å². The molecule has 0 radical (unpaired) electrons. The van der Waals surface area contributed by atoms with Crippen LogP contribution in [0.5, 0.6) is 0 Å². The van der Waals surface area contributed by atoms with Crippen molar-refractivity contribution in [1.82, 2.24) is 19.7 Å². The number of hydrogen-bond acceptors (Lipinski definition) is 4. The van der Waals surface area contributed by atoms with Crippen molar-refractivity contribution in [2.75, 3.05) is 4.90 Å². The van der Waals surface area contributed by atoms with Crippen LogP contribution in [0, 0.1) is 5.82 Å². The van der Waals surface area contributed by atoms with Crippen LogP contribution < -0.4 is 4.90 Å². The standard InChI is InChI=1S/C16H15ClFN5/c1-22-15-11(7-21-22)16(20-9-19-15)23(10-5-6-10)8-12-13(17)3-2-4-14(12)18/h2-4,7,9-10H,5-6,8H2,1H3. The molecule has 0 aliphatic heterocycles. The normalized spacial score (nSPS) is 14.4. The largest absolute Gasteiger partial charge is 0.348 e. The van der Waals surface area contributed by atoms with E-state index in [0.29, 0.717) is 23.2 Å². The summed E-state index contributed by atoms with van der Waals surface area (Å²) in [4.78, 5) is 10.8. The van der Waals surface area contributed by atoms with Gasteiger partial charge < -0.3 is 4.90 Å². The highest BCUT2D eigenvalue weighted by Gasteiger charge is 2.32. The number of halogens is 2. The van der Waals surface area contributed by atoms with Crippen LogP contribution in [0.1, 0.15) is 18.4 Å². The maximum atomic E-state index is 14.2. The van der Waals surface area contributed by atoms with Crippen molar-refractivity contribution >= 4 is 28.5 Å². The molecule has 3 aromatic rings. The number of aryl methyl sites for hydroxylation is 1. The minimum absolute atomic E-state index is 0.292. The van der Waals surface area contributed by atoms with Crippen LogP contribution in [-0.2, 0) is 13.6 Å². The number of aromatic nitrogens is 4. The Balaban J connectivity index is 1.79. The summed E-state index contributed by atoms with van der Waals surface area (Å²) in [6, 6.07) is 5.12. The van der Waals surface area contributed by atoms with Crippen LogP contribution in [0.2, 0.25) is 5.02 Å². The van der Waals surface area contributed by atoms with Gasteiger partial charge in [-0.2, -0.15) is 5.10 Å². The average Bonchev–Trinajstić information content (AvgIpc) is 3.31. The highest BCUT2D eigenvalue weighted by molar-refractivity contribution is 6.31. The highest BCUT2D eigenvalue weighted by atomic mass is 35.5. The van der Waals surface area contributed by atoms with Crippen molar-refractivity contribution in [3.8, 4) is 0 Å². The third-order valence-corrected chi connectivity index (χ3v) is 4.51. The van der Waals surface area contributed by atoms with Crippen molar-refractivity contribution in [1.29, 1.82) is 0 Å². The van der Waals surface area contributed by atoms with E-state index in [-0.39, 0.29) is 5.82 Å². The summed E-state index contributed by atoms with van der Waals surface area (Å²) >= 11 is 6.19. The van der Waals surface area contributed by atoms with Crippen molar-refractivity contribution < 1.29 is 4.39 Å². The van der Waals surface area contributed by atoms with Crippen molar-refractivity contribution in [2.24, 2.45) is 7.05 Å². The van der Waals surface area contributed by atoms with Gasteiger partial charge in [-0.25, -0.2) is 14.4 Å². The quantitative estimate of drug-likeness (QED) is 0.735. The molecule has 118 valence electrons. The molecule has 1 aliphatic carbocycles. The van der Waals surface area contributed by atoms with E-state index in [0.717, 1.165) is 29.7 Å². The smallest absolute Gasteiger partial charge is 0.163 e. The zero-order chi connectivity index (χ0) is 16.0. The minimum atomic E-state index is -0.292. The van der Waals surface area contributed by atoms with E-state index in [2.05, 4.69) is 20.0 Å². The molecule has 0 amide bonds.